The maximum absolute atomic E-state index is 13.4. The second-order valence-corrected chi connectivity index (χ2v) is 13.1. The van der Waals surface area contributed by atoms with Crippen LogP contribution in [0.25, 0.3) is 0 Å². The second kappa shape index (κ2) is 9.58. The Morgan fingerprint density at radius 1 is 1.08 bits per heavy atom. The molecule has 0 saturated heterocycles. The Bertz CT molecular complexity index is 954. The van der Waals surface area contributed by atoms with Gasteiger partial charge in [0, 0.05) is 18.8 Å². The molecule has 5 nitrogen and oxygen atoms in total. The van der Waals surface area contributed by atoms with Crippen LogP contribution in [0.5, 0.6) is 0 Å². The minimum absolute atomic E-state index is 0.0311. The van der Waals surface area contributed by atoms with Gasteiger partial charge in [-0.2, -0.15) is 0 Å². The summed E-state index contributed by atoms with van der Waals surface area (Å²) in [5.41, 5.74) is 1.93. The minimum atomic E-state index is -0.765. The molecule has 200 valence electrons. The van der Waals surface area contributed by atoms with Gasteiger partial charge >= 0.3 is 5.97 Å². The van der Waals surface area contributed by atoms with Gasteiger partial charge in [0.15, 0.2) is 5.78 Å². The monoisotopic (exact) mass is 497 g/mol. The predicted octanol–water partition coefficient (Wildman–Crippen LogP) is 7.18. The minimum Gasteiger partial charge on any atom is -0.462 e. The summed E-state index contributed by atoms with van der Waals surface area (Å²) in [5.74, 6) is 1.86. The van der Waals surface area contributed by atoms with Gasteiger partial charge in [0.25, 0.3) is 0 Å². The first kappa shape index (κ1) is 26.0. The standard InChI is InChI=1S/C31H47NO4/c1-6-7-8-9-10-11-28-27-19-26-24-13-12-22-18-23(35-21(3)34)14-16-29(22,4)25(24)15-17-30(26,5)31(27,20(2)33)36-32-28/h12,23-27H,6-11,13-19H2,1-5H3/t23-,24?,25?,26?,27-,29-,30-,31+/m0/s1. The zero-order valence-electron chi connectivity index (χ0n) is 23.2. The van der Waals surface area contributed by atoms with Crippen LogP contribution in [0.1, 0.15) is 118 Å². The Labute approximate surface area is 217 Å². The van der Waals surface area contributed by atoms with Gasteiger partial charge in [0.05, 0.1) is 11.6 Å². The van der Waals surface area contributed by atoms with E-state index in [1.807, 2.05) is 0 Å². The largest absolute Gasteiger partial charge is 0.462 e. The molecule has 0 bridgehead atoms. The zero-order chi connectivity index (χ0) is 25.7. The topological polar surface area (TPSA) is 65.0 Å². The van der Waals surface area contributed by atoms with E-state index in [9.17, 15) is 9.59 Å². The molecule has 0 amide bonds. The van der Waals surface area contributed by atoms with Gasteiger partial charge in [-0.3, -0.25) is 9.59 Å². The molecule has 0 radical (unpaired) electrons. The SMILES string of the molecule is CCCCCCCC1=NO[C@]2(C(C)=O)[C@H]1CC1C3CC=C4C[C@@H](OC(C)=O)CC[C@]4(C)C3CC[C@@]12C. The molecule has 0 N–H and O–H groups in total. The number of carbonyl (C=O) groups is 2. The number of esters is 1. The number of rotatable bonds is 8. The van der Waals surface area contributed by atoms with Crippen LogP contribution in [0.15, 0.2) is 16.8 Å². The van der Waals surface area contributed by atoms with Gasteiger partial charge < -0.3 is 9.57 Å². The lowest BCUT2D eigenvalue weighted by atomic mass is 9.46. The number of oxime groups is 1. The molecule has 3 unspecified atom stereocenters. The average Bonchev–Trinajstić information content (AvgIpc) is 3.33. The summed E-state index contributed by atoms with van der Waals surface area (Å²) < 4.78 is 5.62. The fourth-order valence-electron chi connectivity index (χ4n) is 9.57. The van der Waals surface area contributed by atoms with Crippen LogP contribution < -0.4 is 0 Å². The Balaban J connectivity index is 1.38. The molecule has 0 aromatic carbocycles. The number of ketones is 1. The highest BCUT2D eigenvalue weighted by Crippen LogP contribution is 2.70. The zero-order valence-corrected chi connectivity index (χ0v) is 23.2. The van der Waals surface area contributed by atoms with Gasteiger partial charge in [0.1, 0.15) is 6.10 Å². The summed E-state index contributed by atoms with van der Waals surface area (Å²) in [5, 5.41) is 4.63. The van der Waals surface area contributed by atoms with Gasteiger partial charge in [-0.25, -0.2) is 0 Å². The summed E-state index contributed by atoms with van der Waals surface area (Å²) in [6.45, 7) is 10.4. The third-order valence-electron chi connectivity index (χ3n) is 11.4. The Hall–Kier alpha value is -1.65. The van der Waals surface area contributed by atoms with E-state index in [1.165, 1.54) is 38.2 Å². The third kappa shape index (κ3) is 3.81. The van der Waals surface area contributed by atoms with Crippen LogP contribution in [-0.4, -0.2) is 29.2 Å². The van der Waals surface area contributed by atoms with Crippen molar-refractivity contribution in [2.24, 2.45) is 39.7 Å². The number of Topliss-reactive ketones (excluding diaryl/α,β-unsaturated/α-hetero) is 1. The number of ether oxygens (including phenoxy) is 1. The quantitative estimate of drug-likeness (QED) is 0.202. The molecule has 3 fully saturated rings. The number of hydrogen-bond donors (Lipinski definition) is 0. The van der Waals surface area contributed by atoms with Crippen molar-refractivity contribution in [3.8, 4) is 0 Å². The number of nitrogens with zero attached hydrogens (tertiary/aromatic N) is 1. The number of hydrogen-bond acceptors (Lipinski definition) is 5. The molecule has 0 aromatic rings. The van der Waals surface area contributed by atoms with Crippen LogP contribution in [0.3, 0.4) is 0 Å². The first-order valence-corrected chi connectivity index (χ1v) is 14.8. The van der Waals surface area contributed by atoms with E-state index >= 15 is 0 Å². The van der Waals surface area contributed by atoms with Gasteiger partial charge in [-0.1, -0.05) is 63.3 Å². The smallest absolute Gasteiger partial charge is 0.302 e. The average molecular weight is 498 g/mol. The van der Waals surface area contributed by atoms with Crippen molar-refractivity contribution in [3.63, 3.8) is 0 Å². The molecule has 0 spiro atoms. The highest BCUT2D eigenvalue weighted by atomic mass is 16.7. The first-order chi connectivity index (χ1) is 17.2. The van der Waals surface area contributed by atoms with E-state index < -0.39 is 5.60 Å². The fraction of sp³-hybridized carbons (Fsp3) is 0.839. The van der Waals surface area contributed by atoms with E-state index in [-0.39, 0.29) is 34.6 Å². The number of unbranched alkanes of at least 4 members (excludes halogenated alkanes) is 4. The molecule has 4 aliphatic carbocycles. The summed E-state index contributed by atoms with van der Waals surface area (Å²) in [6, 6.07) is 0. The summed E-state index contributed by atoms with van der Waals surface area (Å²) in [4.78, 5) is 31.3. The maximum atomic E-state index is 13.4. The molecule has 1 aliphatic heterocycles. The molecule has 36 heavy (non-hydrogen) atoms. The number of allylic oxidation sites excluding steroid dienone is 1. The van der Waals surface area contributed by atoms with Crippen molar-refractivity contribution in [1.82, 2.24) is 0 Å². The molecular formula is C31H47NO4. The predicted molar refractivity (Wildman–Crippen MR) is 141 cm³/mol. The highest BCUT2D eigenvalue weighted by molar-refractivity contribution is 5.99. The van der Waals surface area contributed by atoms with Crippen molar-refractivity contribution in [2.75, 3.05) is 0 Å². The third-order valence-corrected chi connectivity index (χ3v) is 11.4. The van der Waals surface area contributed by atoms with Gasteiger partial charge in [-0.05, 0) is 81.5 Å². The van der Waals surface area contributed by atoms with Crippen molar-refractivity contribution < 1.29 is 19.2 Å². The van der Waals surface area contributed by atoms with Crippen LogP contribution in [0, 0.1) is 34.5 Å². The fourth-order valence-corrected chi connectivity index (χ4v) is 9.57. The van der Waals surface area contributed by atoms with Crippen LogP contribution >= 0.6 is 0 Å². The van der Waals surface area contributed by atoms with Crippen molar-refractivity contribution >= 4 is 17.5 Å². The molecule has 8 atom stereocenters. The van der Waals surface area contributed by atoms with Crippen LogP contribution in [-0.2, 0) is 19.2 Å². The van der Waals surface area contributed by atoms with Crippen molar-refractivity contribution in [2.45, 2.75) is 130 Å². The highest BCUT2D eigenvalue weighted by Gasteiger charge is 2.74. The van der Waals surface area contributed by atoms with Crippen LogP contribution in [0.2, 0.25) is 0 Å². The molecule has 5 rings (SSSR count). The number of carbonyl (C=O) groups excluding carboxylic acids is 2. The van der Waals surface area contributed by atoms with E-state index in [4.69, 9.17) is 9.57 Å². The molecule has 3 saturated carbocycles. The normalized spacial score (nSPS) is 42.8. The Morgan fingerprint density at radius 3 is 2.58 bits per heavy atom. The summed E-state index contributed by atoms with van der Waals surface area (Å²) >= 11 is 0. The lowest BCUT2D eigenvalue weighted by Gasteiger charge is -2.58. The molecular weight excluding hydrogens is 450 g/mol. The summed E-state index contributed by atoms with van der Waals surface area (Å²) in [7, 11) is 0. The Kier molecular flexibility index (Phi) is 6.91. The van der Waals surface area contributed by atoms with E-state index in [2.05, 4.69) is 32.0 Å². The van der Waals surface area contributed by atoms with E-state index in [0.29, 0.717) is 17.8 Å². The van der Waals surface area contributed by atoms with Crippen molar-refractivity contribution in [3.05, 3.63) is 11.6 Å². The van der Waals surface area contributed by atoms with E-state index in [0.717, 1.165) is 63.5 Å². The Morgan fingerprint density at radius 2 is 1.86 bits per heavy atom. The molecule has 5 aliphatic rings. The lowest BCUT2D eigenvalue weighted by Crippen LogP contribution is -2.58. The molecule has 0 aromatic heterocycles. The van der Waals surface area contributed by atoms with Crippen LogP contribution in [0.4, 0.5) is 0 Å². The summed E-state index contributed by atoms with van der Waals surface area (Å²) in [6.07, 6.45) is 16.9. The molecule has 1 heterocycles. The van der Waals surface area contributed by atoms with Gasteiger partial charge in [0.2, 0.25) is 5.60 Å². The second-order valence-electron chi connectivity index (χ2n) is 13.1. The lowest BCUT2D eigenvalue weighted by molar-refractivity contribution is -0.174. The van der Waals surface area contributed by atoms with Gasteiger partial charge in [-0.15, -0.1) is 0 Å². The number of fused-ring (bicyclic) bond motifs is 7. The molecule has 5 heteroatoms. The first-order valence-electron chi connectivity index (χ1n) is 14.8. The maximum Gasteiger partial charge on any atom is 0.302 e. The van der Waals surface area contributed by atoms with E-state index in [1.54, 1.807) is 6.92 Å². The van der Waals surface area contributed by atoms with Crippen molar-refractivity contribution in [1.29, 1.82) is 0 Å².